The third-order valence-electron chi connectivity index (χ3n) is 3.70. The predicted octanol–water partition coefficient (Wildman–Crippen LogP) is 1.91. The average molecular weight is 295 g/mol. The molecule has 2 N–H and O–H groups in total. The van der Waals surface area contributed by atoms with Crippen molar-refractivity contribution in [3.8, 4) is 11.5 Å². The number of aliphatic hydroxyl groups is 1. The lowest BCUT2D eigenvalue weighted by atomic mass is 9.94. The van der Waals surface area contributed by atoms with Crippen LogP contribution in [0.5, 0.6) is 11.5 Å². The molecule has 0 saturated carbocycles. The van der Waals surface area contributed by atoms with Crippen molar-refractivity contribution in [2.45, 2.75) is 38.6 Å². The van der Waals surface area contributed by atoms with Crippen LogP contribution in [0.4, 0.5) is 0 Å². The van der Waals surface area contributed by atoms with Gasteiger partial charge in [0, 0.05) is 12.1 Å². The number of benzene rings is 1. The SMILES string of the molecule is CCC(C)(CCO)NC(=O)Cc1ccc(OC)c(OC)c1. The van der Waals surface area contributed by atoms with Gasteiger partial charge in [-0.15, -0.1) is 0 Å². The highest BCUT2D eigenvalue weighted by Gasteiger charge is 2.23. The first-order chi connectivity index (χ1) is 9.97. The molecule has 118 valence electrons. The maximum Gasteiger partial charge on any atom is 0.224 e. The van der Waals surface area contributed by atoms with Crippen LogP contribution in [0.3, 0.4) is 0 Å². The van der Waals surface area contributed by atoms with E-state index in [1.165, 1.54) is 0 Å². The summed E-state index contributed by atoms with van der Waals surface area (Å²) < 4.78 is 10.4. The monoisotopic (exact) mass is 295 g/mol. The van der Waals surface area contributed by atoms with Gasteiger partial charge in [-0.2, -0.15) is 0 Å². The van der Waals surface area contributed by atoms with E-state index in [2.05, 4.69) is 5.32 Å². The second-order valence-corrected chi connectivity index (χ2v) is 5.30. The molecule has 0 aromatic heterocycles. The fraction of sp³-hybridized carbons (Fsp3) is 0.562. The molecule has 0 spiro atoms. The molecule has 1 amide bonds. The van der Waals surface area contributed by atoms with Gasteiger partial charge in [0.25, 0.3) is 0 Å². The van der Waals surface area contributed by atoms with Crippen molar-refractivity contribution in [3.05, 3.63) is 23.8 Å². The zero-order chi connectivity index (χ0) is 15.9. The predicted molar refractivity (Wildman–Crippen MR) is 81.8 cm³/mol. The lowest BCUT2D eigenvalue weighted by molar-refractivity contribution is -0.122. The van der Waals surface area contributed by atoms with E-state index in [0.717, 1.165) is 12.0 Å². The highest BCUT2D eigenvalue weighted by Crippen LogP contribution is 2.27. The van der Waals surface area contributed by atoms with E-state index in [0.29, 0.717) is 17.9 Å². The van der Waals surface area contributed by atoms with Crippen molar-refractivity contribution in [3.63, 3.8) is 0 Å². The van der Waals surface area contributed by atoms with E-state index in [9.17, 15) is 4.79 Å². The Kier molecular flexibility index (Phi) is 6.49. The number of rotatable bonds is 8. The minimum atomic E-state index is -0.373. The Morgan fingerprint density at radius 1 is 1.29 bits per heavy atom. The number of amides is 1. The van der Waals surface area contributed by atoms with Gasteiger partial charge in [0.2, 0.25) is 5.91 Å². The minimum Gasteiger partial charge on any atom is -0.493 e. The van der Waals surface area contributed by atoms with Gasteiger partial charge in [0.1, 0.15) is 0 Å². The van der Waals surface area contributed by atoms with Crippen LogP contribution in [-0.4, -0.2) is 37.4 Å². The molecular weight excluding hydrogens is 270 g/mol. The smallest absolute Gasteiger partial charge is 0.224 e. The van der Waals surface area contributed by atoms with Gasteiger partial charge in [-0.25, -0.2) is 0 Å². The van der Waals surface area contributed by atoms with Crippen LogP contribution in [0.1, 0.15) is 32.3 Å². The number of carbonyl (C=O) groups is 1. The molecule has 1 rings (SSSR count). The Hall–Kier alpha value is -1.75. The summed E-state index contributed by atoms with van der Waals surface area (Å²) in [6.45, 7) is 3.99. The van der Waals surface area contributed by atoms with Crippen molar-refractivity contribution in [2.75, 3.05) is 20.8 Å². The lowest BCUT2D eigenvalue weighted by Crippen LogP contribution is -2.46. The second-order valence-electron chi connectivity index (χ2n) is 5.30. The van der Waals surface area contributed by atoms with E-state index in [4.69, 9.17) is 14.6 Å². The van der Waals surface area contributed by atoms with Crippen LogP contribution >= 0.6 is 0 Å². The molecule has 0 radical (unpaired) electrons. The Balaban J connectivity index is 2.74. The first-order valence-corrected chi connectivity index (χ1v) is 7.10. The van der Waals surface area contributed by atoms with E-state index >= 15 is 0 Å². The van der Waals surface area contributed by atoms with Crippen LogP contribution in [0, 0.1) is 0 Å². The van der Waals surface area contributed by atoms with Crippen LogP contribution in [0.2, 0.25) is 0 Å². The van der Waals surface area contributed by atoms with E-state index in [1.807, 2.05) is 19.9 Å². The summed E-state index contributed by atoms with van der Waals surface area (Å²) in [7, 11) is 3.14. The molecule has 1 atom stereocenters. The molecule has 0 aliphatic heterocycles. The number of hydrogen-bond donors (Lipinski definition) is 2. The topological polar surface area (TPSA) is 67.8 Å². The van der Waals surface area contributed by atoms with Crippen LogP contribution in [0.25, 0.3) is 0 Å². The maximum absolute atomic E-state index is 12.2. The number of ether oxygens (including phenoxy) is 2. The normalized spacial score (nSPS) is 13.4. The van der Waals surface area contributed by atoms with Gasteiger partial charge >= 0.3 is 0 Å². The molecule has 0 heterocycles. The van der Waals surface area contributed by atoms with Gasteiger partial charge in [-0.3, -0.25) is 4.79 Å². The summed E-state index contributed by atoms with van der Waals surface area (Å²) in [4.78, 5) is 12.2. The van der Waals surface area contributed by atoms with Crippen LogP contribution in [0.15, 0.2) is 18.2 Å². The lowest BCUT2D eigenvalue weighted by Gasteiger charge is -2.29. The van der Waals surface area contributed by atoms with Crippen molar-refractivity contribution >= 4 is 5.91 Å². The number of nitrogens with one attached hydrogen (secondary N) is 1. The molecule has 1 aromatic carbocycles. The Morgan fingerprint density at radius 3 is 2.48 bits per heavy atom. The Bertz CT molecular complexity index is 475. The van der Waals surface area contributed by atoms with Crippen molar-refractivity contribution in [1.82, 2.24) is 5.32 Å². The first-order valence-electron chi connectivity index (χ1n) is 7.10. The van der Waals surface area contributed by atoms with Crippen molar-refractivity contribution in [2.24, 2.45) is 0 Å². The van der Waals surface area contributed by atoms with Crippen molar-refractivity contribution in [1.29, 1.82) is 0 Å². The molecule has 21 heavy (non-hydrogen) atoms. The molecular formula is C16H25NO4. The molecule has 0 bridgehead atoms. The van der Waals surface area contributed by atoms with Gasteiger partial charge < -0.3 is 19.9 Å². The molecule has 0 aliphatic rings. The molecule has 1 unspecified atom stereocenters. The third kappa shape index (κ3) is 4.93. The van der Waals surface area contributed by atoms with E-state index in [1.54, 1.807) is 26.4 Å². The van der Waals surface area contributed by atoms with Gasteiger partial charge in [0.15, 0.2) is 11.5 Å². The van der Waals surface area contributed by atoms with Gasteiger partial charge in [0.05, 0.1) is 20.6 Å². The molecule has 0 fully saturated rings. The Morgan fingerprint density at radius 2 is 1.95 bits per heavy atom. The molecule has 5 heteroatoms. The molecule has 0 saturated heterocycles. The second kappa shape index (κ2) is 7.88. The van der Waals surface area contributed by atoms with Crippen molar-refractivity contribution < 1.29 is 19.4 Å². The number of carbonyl (C=O) groups excluding carboxylic acids is 1. The molecule has 1 aromatic rings. The van der Waals surface area contributed by atoms with E-state index < -0.39 is 0 Å². The summed E-state index contributed by atoms with van der Waals surface area (Å²) in [5.41, 5.74) is 0.482. The Labute approximate surface area is 126 Å². The standard InChI is InChI=1S/C16H25NO4/c1-5-16(2,8-9-18)17-15(19)11-12-6-7-13(20-3)14(10-12)21-4/h6-7,10,18H,5,8-9,11H2,1-4H3,(H,17,19). The fourth-order valence-corrected chi connectivity index (χ4v) is 2.13. The van der Waals surface area contributed by atoms with Crippen LogP contribution in [-0.2, 0) is 11.2 Å². The highest BCUT2D eigenvalue weighted by molar-refractivity contribution is 5.79. The summed E-state index contributed by atoms with van der Waals surface area (Å²) in [6, 6.07) is 5.43. The summed E-state index contributed by atoms with van der Waals surface area (Å²) in [5, 5.41) is 12.1. The fourth-order valence-electron chi connectivity index (χ4n) is 2.13. The van der Waals surface area contributed by atoms with E-state index in [-0.39, 0.29) is 24.5 Å². The summed E-state index contributed by atoms with van der Waals surface area (Å²) >= 11 is 0. The quantitative estimate of drug-likeness (QED) is 0.769. The minimum absolute atomic E-state index is 0.0565. The zero-order valence-electron chi connectivity index (χ0n) is 13.2. The summed E-state index contributed by atoms with van der Waals surface area (Å²) in [6.07, 6.45) is 1.58. The zero-order valence-corrected chi connectivity index (χ0v) is 13.2. The number of aliphatic hydroxyl groups excluding tert-OH is 1. The largest absolute Gasteiger partial charge is 0.493 e. The average Bonchev–Trinajstić information content (AvgIpc) is 2.47. The number of methoxy groups -OCH3 is 2. The molecule has 0 aliphatic carbocycles. The highest BCUT2D eigenvalue weighted by atomic mass is 16.5. The number of hydrogen-bond acceptors (Lipinski definition) is 4. The maximum atomic E-state index is 12.2. The molecule has 5 nitrogen and oxygen atoms in total. The third-order valence-corrected chi connectivity index (χ3v) is 3.70. The first kappa shape index (κ1) is 17.3. The van der Waals surface area contributed by atoms with Gasteiger partial charge in [-0.1, -0.05) is 13.0 Å². The van der Waals surface area contributed by atoms with Gasteiger partial charge in [-0.05, 0) is 37.5 Å². The van der Waals surface area contributed by atoms with Crippen LogP contribution < -0.4 is 14.8 Å². The summed E-state index contributed by atoms with van der Waals surface area (Å²) in [5.74, 6) is 1.18.